The van der Waals surface area contributed by atoms with Crippen molar-refractivity contribution in [3.8, 4) is 0 Å². The smallest absolute Gasteiger partial charge is 0.332 e. The molecule has 0 fully saturated rings. The first kappa shape index (κ1) is 18.4. The van der Waals surface area contributed by atoms with E-state index in [9.17, 15) is 4.79 Å². The Balaban J connectivity index is 3.01. The van der Waals surface area contributed by atoms with Crippen molar-refractivity contribution >= 4 is 5.97 Å². The average Bonchev–Trinajstić information content (AvgIpc) is 2.40. The first-order valence-electron chi connectivity index (χ1n) is 8.04. The molecule has 0 aliphatic carbocycles. The van der Waals surface area contributed by atoms with E-state index in [-0.39, 0.29) is 12.6 Å². The van der Waals surface area contributed by atoms with Crippen molar-refractivity contribution in [2.75, 3.05) is 19.8 Å². The number of esters is 1. The van der Waals surface area contributed by atoms with Crippen molar-refractivity contribution < 1.29 is 14.3 Å². The topological polar surface area (TPSA) is 35.5 Å². The van der Waals surface area contributed by atoms with E-state index in [0.717, 1.165) is 6.42 Å². The molecule has 0 atom stereocenters. The van der Waals surface area contributed by atoms with E-state index >= 15 is 0 Å². The number of hydrogen-bond acceptors (Lipinski definition) is 3. The van der Waals surface area contributed by atoms with Crippen molar-refractivity contribution in [3.63, 3.8) is 0 Å². The van der Waals surface area contributed by atoms with Gasteiger partial charge in [0.1, 0.15) is 6.61 Å². The molecule has 19 heavy (non-hydrogen) atoms. The van der Waals surface area contributed by atoms with Crippen molar-refractivity contribution in [2.24, 2.45) is 0 Å². The molecule has 0 aromatic carbocycles. The molecule has 0 saturated heterocycles. The minimum atomic E-state index is -0.255. The molecule has 0 aromatic rings. The van der Waals surface area contributed by atoms with Crippen LogP contribution < -0.4 is 0 Å². The van der Waals surface area contributed by atoms with Gasteiger partial charge in [-0.15, -0.1) is 0 Å². The SMILES string of the molecule is CCCCCCCCCCCCOCC(=O)OCC. The lowest BCUT2D eigenvalue weighted by Gasteiger charge is -2.04. The summed E-state index contributed by atoms with van der Waals surface area (Å²) in [4.78, 5) is 11.0. The zero-order chi connectivity index (χ0) is 14.2. The van der Waals surface area contributed by atoms with E-state index in [4.69, 9.17) is 9.47 Å². The van der Waals surface area contributed by atoms with E-state index in [2.05, 4.69) is 6.92 Å². The molecule has 0 aromatic heterocycles. The molecule has 114 valence electrons. The number of unbranched alkanes of at least 4 members (excludes halogenated alkanes) is 9. The lowest BCUT2D eigenvalue weighted by molar-refractivity contribution is -0.148. The summed E-state index contributed by atoms with van der Waals surface area (Å²) in [6.45, 7) is 5.27. The Morgan fingerprint density at radius 1 is 0.789 bits per heavy atom. The molecule has 0 spiro atoms. The highest BCUT2D eigenvalue weighted by Gasteiger charge is 2.00. The van der Waals surface area contributed by atoms with E-state index in [1.54, 1.807) is 6.92 Å². The maximum absolute atomic E-state index is 11.0. The average molecular weight is 272 g/mol. The van der Waals surface area contributed by atoms with E-state index in [0.29, 0.717) is 13.2 Å². The highest BCUT2D eigenvalue weighted by atomic mass is 16.6. The van der Waals surface area contributed by atoms with Crippen molar-refractivity contribution in [1.82, 2.24) is 0 Å². The maximum Gasteiger partial charge on any atom is 0.332 e. The van der Waals surface area contributed by atoms with Crippen LogP contribution in [-0.4, -0.2) is 25.8 Å². The Morgan fingerprint density at radius 3 is 1.84 bits per heavy atom. The molecule has 0 aliphatic heterocycles. The second-order valence-corrected chi connectivity index (χ2v) is 5.04. The number of carbonyl (C=O) groups is 1. The van der Waals surface area contributed by atoms with Crippen LogP contribution in [0.3, 0.4) is 0 Å². The third kappa shape index (κ3) is 15.4. The molecule has 0 bridgehead atoms. The summed E-state index contributed by atoms with van der Waals surface area (Å²) in [5, 5.41) is 0. The predicted molar refractivity (Wildman–Crippen MR) is 79.3 cm³/mol. The normalized spacial score (nSPS) is 10.6. The Labute approximate surface area is 119 Å². The largest absolute Gasteiger partial charge is 0.464 e. The summed E-state index contributed by atoms with van der Waals surface area (Å²) in [7, 11) is 0. The Bertz CT molecular complexity index is 192. The van der Waals surface area contributed by atoms with Crippen LogP contribution in [-0.2, 0) is 14.3 Å². The first-order chi connectivity index (χ1) is 9.31. The number of ether oxygens (including phenoxy) is 2. The van der Waals surface area contributed by atoms with Gasteiger partial charge in [0.25, 0.3) is 0 Å². The van der Waals surface area contributed by atoms with Gasteiger partial charge in [-0.1, -0.05) is 64.7 Å². The number of rotatable bonds is 14. The number of hydrogen-bond donors (Lipinski definition) is 0. The fourth-order valence-corrected chi connectivity index (χ4v) is 2.05. The highest BCUT2D eigenvalue weighted by Crippen LogP contribution is 2.10. The summed E-state index contributed by atoms with van der Waals surface area (Å²) < 4.78 is 10.0. The standard InChI is InChI=1S/C16H32O3/c1-3-5-6-7-8-9-10-11-12-13-14-18-15-16(17)19-4-2/h3-15H2,1-2H3. The van der Waals surface area contributed by atoms with Gasteiger partial charge < -0.3 is 9.47 Å². The Morgan fingerprint density at radius 2 is 1.32 bits per heavy atom. The van der Waals surface area contributed by atoms with Gasteiger partial charge in [-0.2, -0.15) is 0 Å². The first-order valence-corrected chi connectivity index (χ1v) is 8.04. The minimum Gasteiger partial charge on any atom is -0.464 e. The van der Waals surface area contributed by atoms with Crippen LogP contribution in [0.2, 0.25) is 0 Å². The fourth-order valence-electron chi connectivity index (χ4n) is 2.05. The summed E-state index contributed by atoms with van der Waals surface area (Å²) in [5.74, 6) is -0.255. The van der Waals surface area contributed by atoms with Gasteiger partial charge in [-0.3, -0.25) is 0 Å². The van der Waals surface area contributed by atoms with Crippen LogP contribution in [0, 0.1) is 0 Å². The second-order valence-electron chi connectivity index (χ2n) is 5.04. The zero-order valence-electron chi connectivity index (χ0n) is 12.9. The second kappa shape index (κ2) is 15.5. The van der Waals surface area contributed by atoms with Crippen LogP contribution in [0.15, 0.2) is 0 Å². The Hall–Kier alpha value is -0.570. The monoisotopic (exact) mass is 272 g/mol. The highest BCUT2D eigenvalue weighted by molar-refractivity contribution is 5.70. The van der Waals surface area contributed by atoms with Gasteiger partial charge in [0.2, 0.25) is 0 Å². The molecule has 0 saturated carbocycles. The van der Waals surface area contributed by atoms with Crippen LogP contribution >= 0.6 is 0 Å². The third-order valence-electron chi connectivity index (χ3n) is 3.17. The van der Waals surface area contributed by atoms with E-state index in [1.165, 1.54) is 57.8 Å². The summed E-state index contributed by atoms with van der Waals surface area (Å²) >= 11 is 0. The van der Waals surface area contributed by atoms with E-state index in [1.807, 2.05) is 0 Å². The third-order valence-corrected chi connectivity index (χ3v) is 3.17. The molecule has 0 aliphatic rings. The van der Waals surface area contributed by atoms with E-state index < -0.39 is 0 Å². The number of carbonyl (C=O) groups excluding carboxylic acids is 1. The van der Waals surface area contributed by atoms with Crippen LogP contribution in [0.25, 0.3) is 0 Å². The van der Waals surface area contributed by atoms with Gasteiger partial charge >= 0.3 is 5.97 Å². The van der Waals surface area contributed by atoms with Crippen LogP contribution in [0.1, 0.15) is 78.1 Å². The molecular weight excluding hydrogens is 240 g/mol. The molecule has 0 unspecified atom stereocenters. The fraction of sp³-hybridized carbons (Fsp3) is 0.938. The molecule has 0 N–H and O–H groups in total. The summed E-state index contributed by atoms with van der Waals surface area (Å²) in [6.07, 6.45) is 13.2. The molecule has 0 heterocycles. The van der Waals surface area contributed by atoms with Gasteiger partial charge in [-0.05, 0) is 13.3 Å². The van der Waals surface area contributed by atoms with Crippen molar-refractivity contribution in [3.05, 3.63) is 0 Å². The van der Waals surface area contributed by atoms with Gasteiger partial charge in [0.05, 0.1) is 6.61 Å². The minimum absolute atomic E-state index is 0.102. The lowest BCUT2D eigenvalue weighted by atomic mass is 10.1. The summed E-state index contributed by atoms with van der Waals surface area (Å²) in [5.41, 5.74) is 0. The van der Waals surface area contributed by atoms with Crippen molar-refractivity contribution in [2.45, 2.75) is 78.1 Å². The van der Waals surface area contributed by atoms with Crippen molar-refractivity contribution in [1.29, 1.82) is 0 Å². The molecule has 0 rings (SSSR count). The molecular formula is C16H32O3. The van der Waals surface area contributed by atoms with Crippen LogP contribution in [0.5, 0.6) is 0 Å². The maximum atomic E-state index is 11.0. The summed E-state index contributed by atoms with van der Waals surface area (Å²) in [6, 6.07) is 0. The predicted octanol–water partition coefficient (Wildman–Crippen LogP) is 4.49. The molecule has 3 heteroatoms. The van der Waals surface area contributed by atoms with Crippen LogP contribution in [0.4, 0.5) is 0 Å². The van der Waals surface area contributed by atoms with Gasteiger partial charge in [0, 0.05) is 6.61 Å². The zero-order valence-corrected chi connectivity index (χ0v) is 12.9. The van der Waals surface area contributed by atoms with Gasteiger partial charge in [-0.25, -0.2) is 4.79 Å². The lowest BCUT2D eigenvalue weighted by Crippen LogP contribution is -2.12. The molecule has 0 radical (unpaired) electrons. The molecule has 0 amide bonds. The Kier molecular flexibility index (Phi) is 15.0. The molecule has 3 nitrogen and oxygen atoms in total. The van der Waals surface area contributed by atoms with Gasteiger partial charge in [0.15, 0.2) is 0 Å². The quantitative estimate of drug-likeness (QED) is 0.345.